The normalized spacial score (nSPS) is 13.5. The quantitative estimate of drug-likeness (QED) is 0.649. The average molecular weight is 359 g/mol. The molecular weight excluding hydrogens is 328 g/mol. The van der Waals surface area contributed by atoms with Crippen LogP contribution in [-0.2, 0) is 6.61 Å². The predicted molar refractivity (Wildman–Crippen MR) is 105 cm³/mol. The maximum Gasteiger partial charge on any atom is 0.188 e. The lowest BCUT2D eigenvalue weighted by atomic mass is 9.98. The molecule has 0 radical (unpaired) electrons. The van der Waals surface area contributed by atoms with Crippen molar-refractivity contribution in [1.29, 1.82) is 0 Å². The molecule has 0 heterocycles. The molecule has 3 nitrogen and oxygen atoms in total. The smallest absolute Gasteiger partial charge is 0.188 e. The first-order valence-corrected chi connectivity index (χ1v) is 11.8. The molecule has 0 spiro atoms. The summed E-state index contributed by atoms with van der Waals surface area (Å²) in [5.41, 5.74) is 1.91. The molecule has 0 amide bonds. The molecular formula is C21H30O3Si. The van der Waals surface area contributed by atoms with Crippen LogP contribution in [-0.4, -0.2) is 18.2 Å². The van der Waals surface area contributed by atoms with Gasteiger partial charge in [-0.3, -0.25) is 0 Å². The van der Waals surface area contributed by atoms with Crippen LogP contribution in [0.5, 0.6) is 5.75 Å². The Labute approximate surface area is 152 Å². The van der Waals surface area contributed by atoms with Gasteiger partial charge in [-0.05, 0) is 42.6 Å². The van der Waals surface area contributed by atoms with E-state index < -0.39 is 14.4 Å². The van der Waals surface area contributed by atoms with E-state index >= 15 is 0 Å². The topological polar surface area (TPSA) is 49.7 Å². The fourth-order valence-electron chi connectivity index (χ4n) is 2.58. The van der Waals surface area contributed by atoms with Crippen LogP contribution in [0.15, 0.2) is 54.6 Å². The molecule has 2 rings (SSSR count). The van der Waals surface area contributed by atoms with Crippen LogP contribution in [0.3, 0.4) is 0 Å². The minimum absolute atomic E-state index is 0.145. The molecule has 0 unspecified atom stereocenters. The lowest BCUT2D eigenvalue weighted by Crippen LogP contribution is -2.39. The number of hydrogen-bond donors (Lipinski definition) is 2. The lowest BCUT2D eigenvalue weighted by Gasteiger charge is -2.35. The zero-order valence-electron chi connectivity index (χ0n) is 15.7. The van der Waals surface area contributed by atoms with E-state index in [1.54, 1.807) is 0 Å². The highest BCUT2D eigenvalue weighted by Crippen LogP contribution is 2.42. The first kappa shape index (κ1) is 19.7. The van der Waals surface area contributed by atoms with Crippen LogP contribution < -0.4 is 4.74 Å². The Bertz CT molecular complexity index is 662. The Morgan fingerprint density at radius 2 is 1.60 bits per heavy atom. The third kappa shape index (κ3) is 5.43. The molecule has 1 atom stereocenters. The van der Waals surface area contributed by atoms with E-state index in [4.69, 9.17) is 4.74 Å². The van der Waals surface area contributed by atoms with Gasteiger partial charge in [0, 0.05) is 5.56 Å². The summed E-state index contributed by atoms with van der Waals surface area (Å²) in [6, 6.07) is 17.7. The van der Waals surface area contributed by atoms with Crippen molar-refractivity contribution in [3.8, 4) is 5.75 Å². The second kappa shape index (κ2) is 8.17. The van der Waals surface area contributed by atoms with Crippen LogP contribution in [0.25, 0.3) is 0 Å². The summed E-state index contributed by atoms with van der Waals surface area (Å²) in [4.78, 5) is 10.4. The van der Waals surface area contributed by atoms with Gasteiger partial charge >= 0.3 is 0 Å². The predicted octanol–water partition coefficient (Wildman–Crippen LogP) is 5.06. The molecule has 0 saturated heterocycles. The SMILES string of the molecule is CC(C)(CC[C@H](O)c1ccccc1OCc1ccccc1)[Si](C)(C)O. The van der Waals surface area contributed by atoms with Gasteiger partial charge in [0.2, 0.25) is 0 Å². The highest BCUT2D eigenvalue weighted by molar-refractivity contribution is 6.72. The van der Waals surface area contributed by atoms with Gasteiger partial charge in [-0.2, -0.15) is 0 Å². The Morgan fingerprint density at radius 3 is 2.24 bits per heavy atom. The van der Waals surface area contributed by atoms with Gasteiger partial charge in [-0.1, -0.05) is 62.4 Å². The largest absolute Gasteiger partial charge is 0.489 e. The van der Waals surface area contributed by atoms with Gasteiger partial charge in [0.05, 0.1) is 6.10 Å². The number of benzene rings is 2. The molecule has 2 N–H and O–H groups in total. The highest BCUT2D eigenvalue weighted by Gasteiger charge is 2.38. The maximum atomic E-state index is 10.7. The summed E-state index contributed by atoms with van der Waals surface area (Å²) < 4.78 is 5.94. The zero-order valence-corrected chi connectivity index (χ0v) is 16.7. The van der Waals surface area contributed by atoms with Crippen LogP contribution in [0.4, 0.5) is 0 Å². The second-order valence-electron chi connectivity index (χ2n) is 7.81. The Hall–Kier alpha value is -1.62. The average Bonchev–Trinajstić information content (AvgIpc) is 2.58. The van der Waals surface area contributed by atoms with E-state index in [0.717, 1.165) is 23.3 Å². The van der Waals surface area contributed by atoms with Gasteiger partial charge in [0.1, 0.15) is 12.4 Å². The zero-order chi connectivity index (χ0) is 18.5. The second-order valence-corrected chi connectivity index (χ2v) is 12.3. The summed E-state index contributed by atoms with van der Waals surface area (Å²) in [7, 11) is -2.27. The molecule has 0 aliphatic rings. The van der Waals surface area contributed by atoms with Gasteiger partial charge in [-0.25, -0.2) is 0 Å². The number of para-hydroxylation sites is 1. The summed E-state index contributed by atoms with van der Waals surface area (Å²) in [5, 5.41) is 10.5. The lowest BCUT2D eigenvalue weighted by molar-refractivity contribution is 0.152. The molecule has 0 aliphatic carbocycles. The minimum Gasteiger partial charge on any atom is -0.489 e. The standard InChI is InChI=1S/C21H30O3Si/c1-21(2,25(3,4)23)15-14-19(22)18-12-8-9-13-20(18)24-16-17-10-6-5-7-11-17/h5-13,19,22-23H,14-16H2,1-4H3/t19-/m0/s1. The third-order valence-electron chi connectivity index (χ3n) is 5.21. The monoisotopic (exact) mass is 358 g/mol. The van der Waals surface area contributed by atoms with Crippen LogP contribution in [0, 0.1) is 0 Å². The van der Waals surface area contributed by atoms with E-state index in [2.05, 4.69) is 13.8 Å². The molecule has 0 aromatic heterocycles. The van der Waals surface area contributed by atoms with Gasteiger partial charge in [0.25, 0.3) is 0 Å². The fourth-order valence-corrected chi connectivity index (χ4v) is 3.34. The van der Waals surface area contributed by atoms with Crippen molar-refractivity contribution in [3.05, 3.63) is 65.7 Å². The highest BCUT2D eigenvalue weighted by atomic mass is 28.4. The molecule has 0 bridgehead atoms. The molecule has 136 valence electrons. The van der Waals surface area contributed by atoms with E-state index in [0.29, 0.717) is 13.0 Å². The summed E-state index contributed by atoms with van der Waals surface area (Å²) in [6.45, 7) is 8.56. The van der Waals surface area contributed by atoms with Crippen molar-refractivity contribution in [2.45, 2.75) is 57.5 Å². The van der Waals surface area contributed by atoms with E-state index in [9.17, 15) is 9.90 Å². The number of hydrogen-bond acceptors (Lipinski definition) is 3. The Balaban J connectivity index is 2.04. The van der Waals surface area contributed by atoms with Gasteiger partial charge in [-0.15, -0.1) is 0 Å². The van der Waals surface area contributed by atoms with Crippen molar-refractivity contribution < 1.29 is 14.6 Å². The molecule has 2 aromatic rings. The first-order chi connectivity index (χ1) is 11.7. The van der Waals surface area contributed by atoms with E-state index in [1.165, 1.54) is 0 Å². The van der Waals surface area contributed by atoms with Crippen LogP contribution in [0.2, 0.25) is 18.1 Å². The molecule has 25 heavy (non-hydrogen) atoms. The first-order valence-electron chi connectivity index (χ1n) is 8.87. The number of rotatable bonds is 8. The summed E-state index contributed by atoms with van der Waals surface area (Å²) >= 11 is 0. The summed E-state index contributed by atoms with van der Waals surface area (Å²) in [6.07, 6.45) is 0.787. The van der Waals surface area contributed by atoms with Crippen molar-refractivity contribution in [3.63, 3.8) is 0 Å². The van der Waals surface area contributed by atoms with Gasteiger partial charge < -0.3 is 14.6 Å². The molecule has 2 aromatic carbocycles. The third-order valence-corrected chi connectivity index (χ3v) is 8.78. The van der Waals surface area contributed by atoms with Crippen molar-refractivity contribution in [2.75, 3.05) is 0 Å². The van der Waals surface area contributed by atoms with E-state index in [-0.39, 0.29) is 5.04 Å². The maximum absolute atomic E-state index is 10.7. The number of ether oxygens (including phenoxy) is 1. The Kier molecular flexibility index (Phi) is 6.44. The van der Waals surface area contributed by atoms with E-state index in [1.807, 2.05) is 67.7 Å². The minimum atomic E-state index is -2.27. The van der Waals surface area contributed by atoms with Crippen molar-refractivity contribution in [2.24, 2.45) is 0 Å². The fraction of sp³-hybridized carbons (Fsp3) is 0.429. The van der Waals surface area contributed by atoms with Crippen LogP contribution in [0.1, 0.15) is 43.9 Å². The van der Waals surface area contributed by atoms with Crippen LogP contribution >= 0.6 is 0 Å². The molecule has 0 aliphatic heterocycles. The van der Waals surface area contributed by atoms with Gasteiger partial charge in [0.15, 0.2) is 8.32 Å². The number of aliphatic hydroxyl groups is 1. The number of aliphatic hydroxyl groups excluding tert-OH is 1. The summed E-state index contributed by atoms with van der Waals surface area (Å²) in [5.74, 6) is 0.720. The Morgan fingerprint density at radius 1 is 1.00 bits per heavy atom. The molecule has 0 fully saturated rings. The molecule has 0 saturated carbocycles. The van der Waals surface area contributed by atoms with Crippen molar-refractivity contribution >= 4 is 8.32 Å². The molecule has 4 heteroatoms. The van der Waals surface area contributed by atoms with Crippen molar-refractivity contribution in [1.82, 2.24) is 0 Å².